The van der Waals surface area contributed by atoms with Gasteiger partial charge < -0.3 is 10.2 Å². The molecule has 2 aromatic rings. The molecular formula is C20H17BrF3N3O. The molecular weight excluding hydrogens is 435 g/mol. The number of carbonyl (C=O) groups excluding carboxylic acids is 1. The summed E-state index contributed by atoms with van der Waals surface area (Å²) in [4.78, 5) is 14.4. The van der Waals surface area contributed by atoms with Crippen LogP contribution in [0.15, 0.2) is 41.5 Å². The zero-order valence-electron chi connectivity index (χ0n) is 15.2. The number of carbonyl (C=O) groups is 1. The van der Waals surface area contributed by atoms with Gasteiger partial charge in [0, 0.05) is 17.1 Å². The number of rotatable bonds is 7. The number of ketones is 1. The molecule has 0 amide bonds. The summed E-state index contributed by atoms with van der Waals surface area (Å²) in [6, 6.07) is 7.23. The number of alkyl halides is 2. The van der Waals surface area contributed by atoms with Crippen molar-refractivity contribution >= 4 is 33.1 Å². The molecule has 0 fully saturated rings. The SMILES string of the molecule is C=CNc1c(N(C)CC(F)F)cc(Br)c(C(=O)c2cc(F)ccc2C)c1C#N. The standard InChI is InChI=1S/C20H17BrF3N3O/c1-4-26-19-14(9-25)18(15(21)8-16(19)27(3)10-17(23)24)20(28)13-7-12(22)6-5-11(13)2/h4-8,17,26H,1,10H2,2-3H3. The molecule has 2 rings (SSSR count). The topological polar surface area (TPSA) is 56.1 Å². The Morgan fingerprint density at radius 3 is 2.68 bits per heavy atom. The highest BCUT2D eigenvalue weighted by molar-refractivity contribution is 9.10. The lowest BCUT2D eigenvalue weighted by molar-refractivity contribution is 0.103. The Kier molecular flexibility index (Phi) is 6.86. The summed E-state index contributed by atoms with van der Waals surface area (Å²) in [6.45, 7) is 4.62. The first-order valence-electron chi connectivity index (χ1n) is 8.15. The maximum Gasteiger partial charge on any atom is 0.255 e. The third kappa shape index (κ3) is 4.37. The fourth-order valence-electron chi connectivity index (χ4n) is 2.80. The van der Waals surface area contributed by atoms with Gasteiger partial charge in [-0.25, -0.2) is 13.2 Å². The van der Waals surface area contributed by atoms with Gasteiger partial charge in [0.05, 0.1) is 29.0 Å². The van der Waals surface area contributed by atoms with Gasteiger partial charge in [0.2, 0.25) is 0 Å². The monoisotopic (exact) mass is 451 g/mol. The normalized spacial score (nSPS) is 10.5. The van der Waals surface area contributed by atoms with Gasteiger partial charge in [-0.15, -0.1) is 0 Å². The Morgan fingerprint density at radius 2 is 2.11 bits per heavy atom. The molecule has 4 nitrogen and oxygen atoms in total. The molecule has 0 atom stereocenters. The van der Waals surface area contributed by atoms with E-state index in [4.69, 9.17) is 0 Å². The van der Waals surface area contributed by atoms with Crippen LogP contribution >= 0.6 is 15.9 Å². The number of anilines is 2. The van der Waals surface area contributed by atoms with Crippen molar-refractivity contribution in [3.63, 3.8) is 0 Å². The molecule has 1 N–H and O–H groups in total. The van der Waals surface area contributed by atoms with Crippen molar-refractivity contribution in [3.8, 4) is 6.07 Å². The highest BCUT2D eigenvalue weighted by Gasteiger charge is 2.26. The fraction of sp³-hybridized carbons (Fsp3) is 0.200. The van der Waals surface area contributed by atoms with Gasteiger partial charge in [-0.1, -0.05) is 12.6 Å². The van der Waals surface area contributed by atoms with Crippen LogP contribution in [-0.4, -0.2) is 25.8 Å². The molecule has 2 aromatic carbocycles. The molecule has 0 aliphatic carbocycles. The predicted molar refractivity (Wildman–Crippen MR) is 107 cm³/mol. The largest absolute Gasteiger partial charge is 0.367 e. The maximum atomic E-state index is 13.7. The first kappa shape index (κ1) is 21.5. The van der Waals surface area contributed by atoms with Crippen LogP contribution in [0.5, 0.6) is 0 Å². The summed E-state index contributed by atoms with van der Waals surface area (Å²) in [5, 5.41) is 12.5. The predicted octanol–water partition coefficient (Wildman–Crippen LogP) is 5.26. The minimum atomic E-state index is -2.60. The second-order valence-corrected chi connectivity index (χ2v) is 6.88. The van der Waals surface area contributed by atoms with Crippen LogP contribution in [0.25, 0.3) is 0 Å². The van der Waals surface area contributed by atoms with Crippen molar-refractivity contribution in [2.45, 2.75) is 13.3 Å². The lowest BCUT2D eigenvalue weighted by atomic mass is 9.94. The molecule has 28 heavy (non-hydrogen) atoms. The van der Waals surface area contributed by atoms with Crippen molar-refractivity contribution in [1.82, 2.24) is 0 Å². The van der Waals surface area contributed by atoms with Gasteiger partial charge in [-0.3, -0.25) is 4.79 Å². The number of nitrogens with one attached hydrogen (secondary N) is 1. The van der Waals surface area contributed by atoms with Crippen molar-refractivity contribution < 1.29 is 18.0 Å². The van der Waals surface area contributed by atoms with E-state index in [0.717, 1.165) is 6.07 Å². The highest BCUT2D eigenvalue weighted by Crippen LogP contribution is 2.38. The molecule has 0 unspecified atom stereocenters. The zero-order chi connectivity index (χ0) is 21.0. The summed E-state index contributed by atoms with van der Waals surface area (Å²) in [5.41, 5.74) is 1.06. The van der Waals surface area contributed by atoms with Crippen LogP contribution in [0.3, 0.4) is 0 Å². The molecule has 0 spiro atoms. The van der Waals surface area contributed by atoms with Gasteiger partial charge in [-0.2, -0.15) is 5.26 Å². The van der Waals surface area contributed by atoms with Gasteiger partial charge in [-0.05, 0) is 52.8 Å². The summed E-state index contributed by atoms with van der Waals surface area (Å²) in [5.74, 6) is -1.14. The van der Waals surface area contributed by atoms with E-state index in [2.05, 4.69) is 27.8 Å². The molecule has 8 heteroatoms. The van der Waals surface area contributed by atoms with Crippen LogP contribution in [0, 0.1) is 24.1 Å². The summed E-state index contributed by atoms with van der Waals surface area (Å²) >= 11 is 3.27. The lowest BCUT2D eigenvalue weighted by Gasteiger charge is -2.24. The molecule has 0 heterocycles. The Balaban J connectivity index is 2.74. The average molecular weight is 452 g/mol. The van der Waals surface area contributed by atoms with Crippen LogP contribution in [0.4, 0.5) is 24.5 Å². The van der Waals surface area contributed by atoms with E-state index in [-0.39, 0.29) is 32.5 Å². The number of aryl methyl sites for hydroxylation is 1. The Labute approximate surface area is 169 Å². The zero-order valence-corrected chi connectivity index (χ0v) is 16.8. The fourth-order valence-corrected chi connectivity index (χ4v) is 3.39. The summed E-state index contributed by atoms with van der Waals surface area (Å²) in [7, 11) is 1.45. The molecule has 0 aliphatic rings. The van der Waals surface area contributed by atoms with E-state index in [1.807, 2.05) is 6.07 Å². The third-order valence-electron chi connectivity index (χ3n) is 4.11. The number of halogens is 4. The van der Waals surface area contributed by atoms with E-state index >= 15 is 0 Å². The van der Waals surface area contributed by atoms with Crippen molar-refractivity contribution in [1.29, 1.82) is 5.26 Å². The van der Waals surface area contributed by atoms with Crippen molar-refractivity contribution in [2.75, 3.05) is 23.8 Å². The highest BCUT2D eigenvalue weighted by atomic mass is 79.9. The van der Waals surface area contributed by atoms with E-state index in [1.165, 1.54) is 36.3 Å². The summed E-state index contributed by atoms with van der Waals surface area (Å²) < 4.78 is 39.6. The minimum Gasteiger partial charge on any atom is -0.367 e. The number of hydrogen-bond acceptors (Lipinski definition) is 4. The van der Waals surface area contributed by atoms with Gasteiger partial charge >= 0.3 is 0 Å². The smallest absolute Gasteiger partial charge is 0.255 e. The third-order valence-corrected chi connectivity index (χ3v) is 4.74. The molecule has 0 radical (unpaired) electrons. The van der Waals surface area contributed by atoms with E-state index < -0.39 is 24.6 Å². The van der Waals surface area contributed by atoms with Gasteiger partial charge in [0.15, 0.2) is 5.78 Å². The Bertz CT molecular complexity index is 970. The number of benzene rings is 2. The van der Waals surface area contributed by atoms with Crippen LogP contribution in [-0.2, 0) is 0 Å². The molecule has 0 aliphatic heterocycles. The van der Waals surface area contributed by atoms with Crippen molar-refractivity contribution in [3.05, 3.63) is 69.6 Å². The first-order valence-corrected chi connectivity index (χ1v) is 8.94. The molecule has 0 saturated heterocycles. The minimum absolute atomic E-state index is 0.00902. The number of nitriles is 1. The van der Waals surface area contributed by atoms with E-state index in [9.17, 15) is 23.2 Å². The Morgan fingerprint density at radius 1 is 1.43 bits per heavy atom. The van der Waals surface area contributed by atoms with Crippen LogP contribution < -0.4 is 10.2 Å². The van der Waals surface area contributed by atoms with Gasteiger partial charge in [0.25, 0.3) is 6.43 Å². The van der Waals surface area contributed by atoms with Gasteiger partial charge in [0.1, 0.15) is 11.9 Å². The average Bonchev–Trinajstić information content (AvgIpc) is 2.63. The van der Waals surface area contributed by atoms with E-state index in [1.54, 1.807) is 6.92 Å². The second-order valence-electron chi connectivity index (χ2n) is 6.02. The van der Waals surface area contributed by atoms with Crippen LogP contribution in [0.1, 0.15) is 27.0 Å². The van der Waals surface area contributed by atoms with E-state index in [0.29, 0.717) is 5.56 Å². The molecule has 0 bridgehead atoms. The second kappa shape index (κ2) is 8.93. The quantitative estimate of drug-likeness (QED) is 0.583. The van der Waals surface area contributed by atoms with Crippen LogP contribution in [0.2, 0.25) is 0 Å². The maximum absolute atomic E-state index is 13.7. The number of hydrogen-bond donors (Lipinski definition) is 1. The molecule has 0 saturated carbocycles. The molecule has 0 aromatic heterocycles. The number of nitrogens with zero attached hydrogens (tertiary/aromatic N) is 2. The molecule has 146 valence electrons. The van der Waals surface area contributed by atoms with Crippen molar-refractivity contribution in [2.24, 2.45) is 0 Å². The lowest BCUT2D eigenvalue weighted by Crippen LogP contribution is -2.25. The summed E-state index contributed by atoms with van der Waals surface area (Å²) in [6.07, 6.45) is -1.31. The first-order chi connectivity index (χ1) is 13.2. The Hall–Kier alpha value is -2.79.